The molecule has 2 N–H and O–H groups in total. The van der Waals surface area contributed by atoms with Crippen LogP contribution in [0.5, 0.6) is 5.75 Å². The average molecular weight is 261 g/mol. The summed E-state index contributed by atoms with van der Waals surface area (Å²) in [4.78, 5) is 0. The third-order valence-electron chi connectivity index (χ3n) is 4.87. The largest absolute Gasteiger partial charge is 0.508 e. The number of rotatable bonds is 4. The maximum atomic E-state index is 10.2. The minimum Gasteiger partial charge on any atom is -0.508 e. The lowest BCUT2D eigenvalue weighted by Gasteiger charge is -2.25. The van der Waals surface area contributed by atoms with Gasteiger partial charge in [-0.15, -0.1) is 0 Å². The Morgan fingerprint density at radius 1 is 1.32 bits per heavy atom. The number of hydrogen-bond acceptors (Lipinski definition) is 2. The fourth-order valence-corrected chi connectivity index (χ4v) is 3.33. The van der Waals surface area contributed by atoms with E-state index in [1.54, 1.807) is 0 Å². The molecule has 0 aromatic heterocycles. The molecule has 0 radical (unpaired) electrons. The second kappa shape index (κ2) is 5.54. The van der Waals surface area contributed by atoms with Crippen molar-refractivity contribution in [1.29, 1.82) is 0 Å². The first-order valence-electron chi connectivity index (χ1n) is 7.54. The monoisotopic (exact) mass is 261 g/mol. The van der Waals surface area contributed by atoms with Gasteiger partial charge in [0, 0.05) is 17.6 Å². The quantitative estimate of drug-likeness (QED) is 0.848. The predicted octanol–water partition coefficient (Wildman–Crippen LogP) is 4.27. The lowest BCUT2D eigenvalue weighted by Crippen LogP contribution is -2.34. The zero-order valence-corrected chi connectivity index (χ0v) is 12.8. The zero-order chi connectivity index (χ0) is 14.2. The van der Waals surface area contributed by atoms with Crippen LogP contribution in [0.3, 0.4) is 0 Å². The summed E-state index contributed by atoms with van der Waals surface area (Å²) in [5, 5.41) is 13.9. The molecule has 1 aliphatic rings. The minimum absolute atomic E-state index is 0.300. The Hall–Kier alpha value is -1.02. The van der Waals surface area contributed by atoms with Crippen LogP contribution in [0.2, 0.25) is 0 Å². The SMILES string of the molecule is CCC(C)C(C)NC1CC(C)c2c(C)ccc(O)c21. The highest BCUT2D eigenvalue weighted by Gasteiger charge is 2.33. The van der Waals surface area contributed by atoms with Crippen molar-refractivity contribution in [2.75, 3.05) is 0 Å². The van der Waals surface area contributed by atoms with Gasteiger partial charge in [-0.05, 0) is 49.3 Å². The molecule has 1 aromatic rings. The molecule has 0 saturated heterocycles. The molecule has 1 aliphatic carbocycles. The van der Waals surface area contributed by atoms with Crippen LogP contribution in [0.1, 0.15) is 69.2 Å². The number of aryl methyl sites for hydroxylation is 1. The first kappa shape index (κ1) is 14.4. The molecule has 4 unspecified atom stereocenters. The van der Waals surface area contributed by atoms with E-state index in [-0.39, 0.29) is 0 Å². The fourth-order valence-electron chi connectivity index (χ4n) is 3.33. The van der Waals surface area contributed by atoms with Crippen molar-refractivity contribution in [3.63, 3.8) is 0 Å². The first-order chi connectivity index (χ1) is 8.95. The number of hydrogen-bond donors (Lipinski definition) is 2. The molecule has 0 aliphatic heterocycles. The molecule has 106 valence electrons. The standard InChI is InChI=1S/C17H27NO/c1-6-10(2)13(5)18-14-9-12(4)16-11(3)7-8-15(19)17(14)16/h7-8,10,12-14,18-19H,6,9H2,1-5H3. The average Bonchev–Trinajstić information content (AvgIpc) is 2.71. The molecular weight excluding hydrogens is 234 g/mol. The van der Waals surface area contributed by atoms with E-state index in [1.165, 1.54) is 17.5 Å². The lowest BCUT2D eigenvalue weighted by molar-refractivity contribution is 0.340. The van der Waals surface area contributed by atoms with Crippen molar-refractivity contribution in [2.24, 2.45) is 5.92 Å². The molecular formula is C17H27NO. The van der Waals surface area contributed by atoms with E-state index in [0.29, 0.717) is 29.7 Å². The van der Waals surface area contributed by atoms with Gasteiger partial charge in [0.15, 0.2) is 0 Å². The van der Waals surface area contributed by atoms with E-state index in [1.807, 2.05) is 12.1 Å². The Morgan fingerprint density at radius 3 is 2.63 bits per heavy atom. The summed E-state index contributed by atoms with van der Waals surface area (Å²) in [6.07, 6.45) is 2.28. The summed E-state index contributed by atoms with van der Waals surface area (Å²) in [6, 6.07) is 4.65. The van der Waals surface area contributed by atoms with Crippen molar-refractivity contribution < 1.29 is 5.11 Å². The van der Waals surface area contributed by atoms with Gasteiger partial charge in [0.05, 0.1) is 0 Å². The summed E-state index contributed by atoms with van der Waals surface area (Å²) in [6.45, 7) is 11.2. The first-order valence-corrected chi connectivity index (χ1v) is 7.54. The predicted molar refractivity (Wildman–Crippen MR) is 80.7 cm³/mol. The summed E-state index contributed by atoms with van der Waals surface area (Å²) in [7, 11) is 0. The normalized spacial score (nSPS) is 25.1. The number of phenolic OH excluding ortho intramolecular Hbond substituents is 1. The summed E-state index contributed by atoms with van der Waals surface area (Å²) >= 11 is 0. The minimum atomic E-state index is 0.300. The summed E-state index contributed by atoms with van der Waals surface area (Å²) in [5.41, 5.74) is 3.80. The molecule has 4 atom stereocenters. The Labute approximate surface area is 117 Å². The molecule has 2 heteroatoms. The number of benzene rings is 1. The van der Waals surface area contributed by atoms with Crippen LogP contribution < -0.4 is 5.32 Å². The second-order valence-electron chi connectivity index (χ2n) is 6.26. The van der Waals surface area contributed by atoms with Crippen LogP contribution in [0.4, 0.5) is 0 Å². The van der Waals surface area contributed by atoms with Crippen molar-refractivity contribution in [1.82, 2.24) is 5.32 Å². The number of aromatic hydroxyl groups is 1. The maximum Gasteiger partial charge on any atom is 0.120 e. The van der Waals surface area contributed by atoms with E-state index < -0.39 is 0 Å². The second-order valence-corrected chi connectivity index (χ2v) is 6.26. The fraction of sp³-hybridized carbons (Fsp3) is 0.647. The lowest BCUT2D eigenvalue weighted by atomic mass is 9.97. The van der Waals surface area contributed by atoms with Crippen molar-refractivity contribution in [3.8, 4) is 5.75 Å². The molecule has 0 spiro atoms. The van der Waals surface area contributed by atoms with Crippen LogP contribution in [0, 0.1) is 12.8 Å². The molecule has 2 nitrogen and oxygen atoms in total. The Kier molecular flexibility index (Phi) is 4.19. The van der Waals surface area contributed by atoms with Gasteiger partial charge in [-0.25, -0.2) is 0 Å². The van der Waals surface area contributed by atoms with Gasteiger partial charge in [0.2, 0.25) is 0 Å². The highest BCUT2D eigenvalue weighted by atomic mass is 16.3. The molecule has 0 bridgehead atoms. The molecule has 0 fully saturated rings. The van der Waals surface area contributed by atoms with E-state index >= 15 is 0 Å². The van der Waals surface area contributed by atoms with E-state index in [0.717, 1.165) is 12.0 Å². The van der Waals surface area contributed by atoms with Gasteiger partial charge in [-0.3, -0.25) is 0 Å². The molecule has 1 aromatic carbocycles. The molecule has 0 heterocycles. The molecule has 2 rings (SSSR count). The topological polar surface area (TPSA) is 32.3 Å². The van der Waals surface area contributed by atoms with E-state index in [2.05, 4.69) is 39.9 Å². The third kappa shape index (κ3) is 2.64. The van der Waals surface area contributed by atoms with Gasteiger partial charge in [0.25, 0.3) is 0 Å². The van der Waals surface area contributed by atoms with Crippen LogP contribution in [0.15, 0.2) is 12.1 Å². The zero-order valence-electron chi connectivity index (χ0n) is 12.8. The van der Waals surface area contributed by atoms with Gasteiger partial charge in [-0.2, -0.15) is 0 Å². The number of nitrogens with one attached hydrogen (secondary N) is 1. The molecule has 0 saturated carbocycles. The van der Waals surface area contributed by atoms with Gasteiger partial charge in [-0.1, -0.05) is 33.3 Å². The van der Waals surface area contributed by atoms with Gasteiger partial charge in [0.1, 0.15) is 5.75 Å². The van der Waals surface area contributed by atoms with Crippen molar-refractivity contribution in [3.05, 3.63) is 28.8 Å². The van der Waals surface area contributed by atoms with Crippen LogP contribution >= 0.6 is 0 Å². The van der Waals surface area contributed by atoms with Crippen molar-refractivity contribution >= 4 is 0 Å². The number of phenols is 1. The van der Waals surface area contributed by atoms with E-state index in [4.69, 9.17) is 0 Å². The highest BCUT2D eigenvalue weighted by molar-refractivity contribution is 5.50. The number of fused-ring (bicyclic) bond motifs is 1. The summed E-state index contributed by atoms with van der Waals surface area (Å²) < 4.78 is 0. The van der Waals surface area contributed by atoms with E-state index in [9.17, 15) is 5.11 Å². The summed E-state index contributed by atoms with van der Waals surface area (Å²) in [5.74, 6) is 1.65. The molecule has 19 heavy (non-hydrogen) atoms. The van der Waals surface area contributed by atoms with Crippen LogP contribution in [-0.4, -0.2) is 11.1 Å². The van der Waals surface area contributed by atoms with Gasteiger partial charge >= 0.3 is 0 Å². The Morgan fingerprint density at radius 2 is 2.00 bits per heavy atom. The highest BCUT2D eigenvalue weighted by Crippen LogP contribution is 2.46. The molecule has 0 amide bonds. The smallest absolute Gasteiger partial charge is 0.120 e. The maximum absolute atomic E-state index is 10.2. The van der Waals surface area contributed by atoms with Crippen molar-refractivity contribution in [2.45, 2.75) is 65.5 Å². The van der Waals surface area contributed by atoms with Crippen LogP contribution in [-0.2, 0) is 0 Å². The van der Waals surface area contributed by atoms with Crippen LogP contribution in [0.25, 0.3) is 0 Å². The van der Waals surface area contributed by atoms with Gasteiger partial charge < -0.3 is 10.4 Å². The Balaban J connectivity index is 2.27. The third-order valence-corrected chi connectivity index (χ3v) is 4.87. The Bertz CT molecular complexity index is 455.